The van der Waals surface area contributed by atoms with Crippen molar-refractivity contribution in [3.63, 3.8) is 0 Å². The van der Waals surface area contributed by atoms with E-state index < -0.39 is 0 Å². The maximum atomic E-state index is 5.37. The molecule has 1 heterocycles. The van der Waals surface area contributed by atoms with E-state index in [2.05, 4.69) is 29.3 Å². The zero-order chi connectivity index (χ0) is 15.1. The van der Waals surface area contributed by atoms with Crippen LogP contribution in [0.1, 0.15) is 25.3 Å². The first kappa shape index (κ1) is 16.1. The predicted octanol–water partition coefficient (Wildman–Crippen LogP) is 2.32. The molecule has 1 N–H and O–H groups in total. The van der Waals surface area contributed by atoms with Crippen molar-refractivity contribution in [1.29, 1.82) is 0 Å². The van der Waals surface area contributed by atoms with Crippen LogP contribution in [0.4, 0.5) is 0 Å². The van der Waals surface area contributed by atoms with E-state index in [0.717, 1.165) is 37.6 Å². The quantitative estimate of drug-likeness (QED) is 0.836. The molecule has 0 aliphatic carbocycles. The molecular formula is C17H28N2O2. The van der Waals surface area contributed by atoms with E-state index in [0.29, 0.717) is 6.04 Å². The first-order valence-corrected chi connectivity index (χ1v) is 7.93. The third-order valence-electron chi connectivity index (χ3n) is 4.14. The van der Waals surface area contributed by atoms with Crippen LogP contribution in [0.3, 0.4) is 0 Å². The monoisotopic (exact) mass is 292 g/mol. The smallest absolute Gasteiger partial charge is 0.160 e. The molecule has 0 amide bonds. The van der Waals surface area contributed by atoms with Crippen LogP contribution in [-0.4, -0.2) is 51.3 Å². The Labute approximate surface area is 128 Å². The highest BCUT2D eigenvalue weighted by Crippen LogP contribution is 2.27. The Morgan fingerprint density at radius 3 is 2.76 bits per heavy atom. The average molecular weight is 292 g/mol. The molecule has 1 aromatic carbocycles. The Balaban J connectivity index is 1.87. The summed E-state index contributed by atoms with van der Waals surface area (Å²) in [7, 11) is 3.36. The molecule has 0 radical (unpaired) electrons. The molecule has 0 spiro atoms. The second kappa shape index (κ2) is 8.25. The van der Waals surface area contributed by atoms with E-state index in [9.17, 15) is 0 Å². The average Bonchev–Trinajstić information content (AvgIpc) is 2.53. The number of hydrogen-bond acceptors (Lipinski definition) is 4. The van der Waals surface area contributed by atoms with Gasteiger partial charge >= 0.3 is 0 Å². The van der Waals surface area contributed by atoms with Crippen molar-refractivity contribution >= 4 is 0 Å². The number of nitrogens with zero attached hydrogens (tertiary/aromatic N) is 1. The topological polar surface area (TPSA) is 33.7 Å². The van der Waals surface area contributed by atoms with Crippen LogP contribution in [-0.2, 0) is 6.42 Å². The van der Waals surface area contributed by atoms with Crippen molar-refractivity contribution in [2.75, 3.05) is 40.4 Å². The molecular weight excluding hydrogens is 264 g/mol. The van der Waals surface area contributed by atoms with Gasteiger partial charge in [-0.1, -0.05) is 19.4 Å². The van der Waals surface area contributed by atoms with Gasteiger partial charge < -0.3 is 19.7 Å². The minimum Gasteiger partial charge on any atom is -0.493 e. The van der Waals surface area contributed by atoms with Gasteiger partial charge in [0.25, 0.3) is 0 Å². The zero-order valence-corrected chi connectivity index (χ0v) is 13.5. The molecule has 1 aliphatic rings. The number of methoxy groups -OCH3 is 2. The summed E-state index contributed by atoms with van der Waals surface area (Å²) < 4.78 is 10.7. The number of rotatable bonds is 7. The molecule has 4 heteroatoms. The van der Waals surface area contributed by atoms with Crippen LogP contribution in [0.15, 0.2) is 18.2 Å². The van der Waals surface area contributed by atoms with Gasteiger partial charge in [-0.3, -0.25) is 0 Å². The van der Waals surface area contributed by atoms with Crippen LogP contribution in [0, 0.1) is 0 Å². The number of nitrogens with one attached hydrogen (secondary N) is 1. The van der Waals surface area contributed by atoms with Gasteiger partial charge in [-0.25, -0.2) is 0 Å². The fourth-order valence-electron chi connectivity index (χ4n) is 2.96. The zero-order valence-electron chi connectivity index (χ0n) is 13.5. The lowest BCUT2D eigenvalue weighted by Gasteiger charge is -2.33. The van der Waals surface area contributed by atoms with E-state index in [-0.39, 0.29) is 0 Å². The van der Waals surface area contributed by atoms with Gasteiger partial charge in [0.05, 0.1) is 14.2 Å². The highest BCUT2D eigenvalue weighted by atomic mass is 16.5. The van der Waals surface area contributed by atoms with Gasteiger partial charge in [0.2, 0.25) is 0 Å². The third kappa shape index (κ3) is 4.61. The van der Waals surface area contributed by atoms with E-state index >= 15 is 0 Å². The summed E-state index contributed by atoms with van der Waals surface area (Å²) in [5.41, 5.74) is 1.30. The standard InChI is InChI=1S/C17H28N2O2/c1-4-5-15-13-19(11-9-18-15)10-8-14-6-7-16(20-2)17(12-14)21-3/h6-7,12,15,18H,4-5,8-11,13H2,1-3H3. The highest BCUT2D eigenvalue weighted by Gasteiger charge is 2.18. The lowest BCUT2D eigenvalue weighted by atomic mass is 10.1. The second-order valence-electron chi connectivity index (χ2n) is 5.68. The highest BCUT2D eigenvalue weighted by molar-refractivity contribution is 5.42. The molecule has 4 nitrogen and oxygen atoms in total. The summed E-state index contributed by atoms with van der Waals surface area (Å²) in [4.78, 5) is 2.56. The largest absolute Gasteiger partial charge is 0.493 e. The molecule has 1 aliphatic heterocycles. The molecule has 0 aromatic heterocycles. The Morgan fingerprint density at radius 1 is 1.24 bits per heavy atom. The predicted molar refractivity (Wildman–Crippen MR) is 86.4 cm³/mol. The molecule has 1 fully saturated rings. The summed E-state index contributed by atoms with van der Waals surface area (Å²) >= 11 is 0. The van der Waals surface area contributed by atoms with Crippen molar-refractivity contribution in [3.8, 4) is 11.5 Å². The third-order valence-corrected chi connectivity index (χ3v) is 4.14. The molecule has 1 atom stereocenters. The first-order valence-electron chi connectivity index (χ1n) is 7.93. The molecule has 21 heavy (non-hydrogen) atoms. The molecule has 118 valence electrons. The van der Waals surface area contributed by atoms with Crippen LogP contribution in [0.2, 0.25) is 0 Å². The number of ether oxygens (including phenoxy) is 2. The molecule has 2 rings (SSSR count). The van der Waals surface area contributed by atoms with Gasteiger partial charge in [-0.05, 0) is 30.5 Å². The van der Waals surface area contributed by atoms with Crippen molar-refractivity contribution in [3.05, 3.63) is 23.8 Å². The van der Waals surface area contributed by atoms with E-state index in [1.54, 1.807) is 14.2 Å². The first-order chi connectivity index (χ1) is 10.3. The van der Waals surface area contributed by atoms with Crippen LogP contribution >= 0.6 is 0 Å². The Morgan fingerprint density at radius 2 is 2.05 bits per heavy atom. The summed E-state index contributed by atoms with van der Waals surface area (Å²) in [6.45, 7) is 6.78. The minimum atomic E-state index is 0.661. The van der Waals surface area contributed by atoms with E-state index in [1.165, 1.54) is 24.9 Å². The number of hydrogen-bond donors (Lipinski definition) is 1. The van der Waals surface area contributed by atoms with Gasteiger partial charge in [-0.15, -0.1) is 0 Å². The fourth-order valence-corrected chi connectivity index (χ4v) is 2.96. The Hall–Kier alpha value is -1.26. The molecule has 1 aromatic rings. The lowest BCUT2D eigenvalue weighted by Crippen LogP contribution is -2.50. The van der Waals surface area contributed by atoms with Gasteiger partial charge in [0.1, 0.15) is 0 Å². The fraction of sp³-hybridized carbons (Fsp3) is 0.647. The van der Waals surface area contributed by atoms with Crippen molar-refractivity contribution in [2.24, 2.45) is 0 Å². The number of piperazine rings is 1. The van der Waals surface area contributed by atoms with Crippen molar-refractivity contribution in [2.45, 2.75) is 32.2 Å². The van der Waals surface area contributed by atoms with Crippen molar-refractivity contribution in [1.82, 2.24) is 10.2 Å². The Kier molecular flexibility index (Phi) is 6.33. The number of benzene rings is 1. The van der Waals surface area contributed by atoms with Crippen molar-refractivity contribution < 1.29 is 9.47 Å². The van der Waals surface area contributed by atoms with E-state index in [4.69, 9.17) is 9.47 Å². The van der Waals surface area contributed by atoms with Crippen LogP contribution in [0.5, 0.6) is 11.5 Å². The molecule has 1 unspecified atom stereocenters. The van der Waals surface area contributed by atoms with Gasteiger partial charge in [-0.2, -0.15) is 0 Å². The molecule has 0 bridgehead atoms. The summed E-state index contributed by atoms with van der Waals surface area (Å²) in [6.07, 6.45) is 3.58. The summed E-state index contributed by atoms with van der Waals surface area (Å²) in [5, 5.41) is 3.60. The summed E-state index contributed by atoms with van der Waals surface area (Å²) in [5.74, 6) is 1.62. The second-order valence-corrected chi connectivity index (χ2v) is 5.68. The molecule has 0 saturated carbocycles. The van der Waals surface area contributed by atoms with Gasteiger partial charge in [0, 0.05) is 32.2 Å². The lowest BCUT2D eigenvalue weighted by molar-refractivity contribution is 0.196. The summed E-state index contributed by atoms with van der Waals surface area (Å²) in [6, 6.07) is 6.87. The molecule has 1 saturated heterocycles. The van der Waals surface area contributed by atoms with E-state index in [1.807, 2.05) is 6.07 Å². The SMILES string of the molecule is CCCC1CN(CCc2ccc(OC)c(OC)c2)CCN1. The van der Waals surface area contributed by atoms with Crippen LogP contribution in [0.25, 0.3) is 0 Å². The minimum absolute atomic E-state index is 0.661. The maximum absolute atomic E-state index is 5.37. The van der Waals surface area contributed by atoms with Crippen LogP contribution < -0.4 is 14.8 Å². The Bertz CT molecular complexity index is 435. The normalized spacial score (nSPS) is 19.5. The maximum Gasteiger partial charge on any atom is 0.160 e. The van der Waals surface area contributed by atoms with Gasteiger partial charge in [0.15, 0.2) is 11.5 Å².